The molecule has 0 bridgehead atoms. The molecular formula is C26H32O6. The van der Waals surface area contributed by atoms with Crippen LogP contribution in [0.25, 0.3) is 0 Å². The lowest BCUT2D eigenvalue weighted by atomic mass is 9.96. The van der Waals surface area contributed by atoms with Crippen molar-refractivity contribution in [3.63, 3.8) is 0 Å². The van der Waals surface area contributed by atoms with Crippen molar-refractivity contribution in [2.75, 3.05) is 0 Å². The number of aliphatic hydroxyl groups is 1. The standard InChI is InChI=1S/C26H32O6/c1-18-23(29-17-19-11-5-2-6-12-19)22(27)24(32-25(28)20-13-7-3-8-14-20)26(30-18)31-21-15-9-4-10-16-21/h2-3,5-8,11-14,18,21-24,26-27H,4,9-10,15-17H2,1H3/t18-,22+,23-,24+,26-/m0/s1. The number of aliphatic hydroxyl groups excluding tert-OH is 1. The van der Waals surface area contributed by atoms with Crippen LogP contribution in [0, 0.1) is 0 Å². The monoisotopic (exact) mass is 440 g/mol. The SMILES string of the molecule is C[C@@H]1O[C@@H](OC2CCCCC2)[C@H](OC(=O)c2ccccc2)[C@H](O)[C@H]1OCc1ccccc1. The maximum atomic E-state index is 12.8. The third-order valence-corrected chi connectivity index (χ3v) is 6.17. The molecule has 1 aliphatic heterocycles. The maximum Gasteiger partial charge on any atom is 0.338 e. The van der Waals surface area contributed by atoms with Gasteiger partial charge >= 0.3 is 5.97 Å². The normalized spacial score (nSPS) is 28.9. The molecule has 4 rings (SSSR count). The second kappa shape index (κ2) is 11.1. The number of rotatable bonds is 7. The van der Waals surface area contributed by atoms with E-state index in [1.807, 2.05) is 43.3 Å². The first-order valence-electron chi connectivity index (χ1n) is 11.5. The predicted molar refractivity (Wildman–Crippen MR) is 119 cm³/mol. The van der Waals surface area contributed by atoms with Crippen molar-refractivity contribution in [3.05, 3.63) is 71.8 Å². The van der Waals surface area contributed by atoms with Crippen molar-refractivity contribution in [1.29, 1.82) is 0 Å². The Kier molecular flexibility index (Phi) is 7.92. The number of hydrogen-bond acceptors (Lipinski definition) is 6. The fourth-order valence-electron chi connectivity index (χ4n) is 4.38. The zero-order valence-electron chi connectivity index (χ0n) is 18.5. The van der Waals surface area contributed by atoms with Gasteiger partial charge in [0, 0.05) is 0 Å². The predicted octanol–water partition coefficient (Wildman–Crippen LogP) is 4.25. The average molecular weight is 441 g/mol. The van der Waals surface area contributed by atoms with Crippen molar-refractivity contribution in [3.8, 4) is 0 Å². The van der Waals surface area contributed by atoms with Crippen LogP contribution in [0.3, 0.4) is 0 Å². The molecular weight excluding hydrogens is 408 g/mol. The molecule has 0 radical (unpaired) electrons. The molecule has 6 heteroatoms. The molecule has 2 aromatic rings. The summed E-state index contributed by atoms with van der Waals surface area (Å²) < 4.78 is 24.1. The first-order valence-corrected chi connectivity index (χ1v) is 11.5. The van der Waals surface area contributed by atoms with E-state index in [0.29, 0.717) is 12.2 Å². The molecule has 172 valence electrons. The zero-order valence-corrected chi connectivity index (χ0v) is 18.5. The molecule has 2 aromatic carbocycles. The number of esters is 1. The molecule has 1 saturated carbocycles. The van der Waals surface area contributed by atoms with Gasteiger partial charge in [0.2, 0.25) is 0 Å². The second-order valence-electron chi connectivity index (χ2n) is 8.59. The summed E-state index contributed by atoms with van der Waals surface area (Å²) in [4.78, 5) is 12.8. The smallest absolute Gasteiger partial charge is 0.338 e. The largest absolute Gasteiger partial charge is 0.450 e. The topological polar surface area (TPSA) is 74.2 Å². The number of hydrogen-bond donors (Lipinski definition) is 1. The summed E-state index contributed by atoms with van der Waals surface area (Å²) in [5.41, 5.74) is 1.40. The molecule has 0 spiro atoms. The van der Waals surface area contributed by atoms with Crippen LogP contribution in [-0.2, 0) is 25.6 Å². The van der Waals surface area contributed by atoms with Gasteiger partial charge in [-0.1, -0.05) is 67.8 Å². The Bertz CT molecular complexity index is 836. The average Bonchev–Trinajstić information content (AvgIpc) is 2.83. The molecule has 2 aliphatic rings. The Labute approximate surface area is 189 Å². The minimum atomic E-state index is -1.08. The van der Waals surface area contributed by atoms with Gasteiger partial charge in [0.25, 0.3) is 0 Å². The molecule has 1 heterocycles. The molecule has 6 nitrogen and oxygen atoms in total. The van der Waals surface area contributed by atoms with Crippen molar-refractivity contribution in [2.45, 2.75) is 82.4 Å². The third kappa shape index (κ3) is 5.75. The van der Waals surface area contributed by atoms with Crippen LogP contribution in [0.1, 0.15) is 54.9 Å². The van der Waals surface area contributed by atoms with E-state index in [2.05, 4.69) is 0 Å². The minimum Gasteiger partial charge on any atom is -0.450 e. The van der Waals surface area contributed by atoms with Gasteiger partial charge in [0.15, 0.2) is 12.4 Å². The lowest BCUT2D eigenvalue weighted by molar-refractivity contribution is -0.311. The van der Waals surface area contributed by atoms with E-state index in [1.54, 1.807) is 24.3 Å². The van der Waals surface area contributed by atoms with Gasteiger partial charge in [0.1, 0.15) is 12.2 Å². The van der Waals surface area contributed by atoms with Crippen LogP contribution < -0.4 is 0 Å². The Morgan fingerprint density at radius 1 is 0.969 bits per heavy atom. The van der Waals surface area contributed by atoms with E-state index in [9.17, 15) is 9.90 Å². The fourth-order valence-corrected chi connectivity index (χ4v) is 4.38. The zero-order chi connectivity index (χ0) is 22.3. The lowest BCUT2D eigenvalue weighted by Crippen LogP contribution is -2.60. The Balaban J connectivity index is 1.48. The van der Waals surface area contributed by atoms with Gasteiger partial charge in [-0.3, -0.25) is 0 Å². The quantitative estimate of drug-likeness (QED) is 0.649. The summed E-state index contributed by atoms with van der Waals surface area (Å²) in [6.07, 6.45) is 1.34. The van der Waals surface area contributed by atoms with Gasteiger partial charge < -0.3 is 24.1 Å². The van der Waals surface area contributed by atoms with Crippen molar-refractivity contribution < 1.29 is 28.8 Å². The van der Waals surface area contributed by atoms with Crippen LogP contribution in [0.4, 0.5) is 0 Å². The summed E-state index contributed by atoms with van der Waals surface area (Å²) >= 11 is 0. The summed E-state index contributed by atoms with van der Waals surface area (Å²) in [5.74, 6) is -0.521. The highest BCUT2D eigenvalue weighted by molar-refractivity contribution is 5.89. The van der Waals surface area contributed by atoms with Gasteiger partial charge in [0.05, 0.1) is 24.4 Å². The van der Waals surface area contributed by atoms with E-state index in [-0.39, 0.29) is 6.10 Å². The van der Waals surface area contributed by atoms with Crippen molar-refractivity contribution >= 4 is 5.97 Å². The van der Waals surface area contributed by atoms with E-state index in [0.717, 1.165) is 31.2 Å². The lowest BCUT2D eigenvalue weighted by Gasteiger charge is -2.44. The van der Waals surface area contributed by atoms with Crippen LogP contribution >= 0.6 is 0 Å². The highest BCUT2D eigenvalue weighted by Gasteiger charge is 2.48. The number of ether oxygens (including phenoxy) is 4. The molecule has 5 atom stereocenters. The fraction of sp³-hybridized carbons (Fsp3) is 0.500. The van der Waals surface area contributed by atoms with Crippen molar-refractivity contribution in [2.24, 2.45) is 0 Å². The molecule has 1 aliphatic carbocycles. The van der Waals surface area contributed by atoms with Gasteiger partial charge in [-0.2, -0.15) is 0 Å². The van der Waals surface area contributed by atoms with Crippen molar-refractivity contribution in [1.82, 2.24) is 0 Å². The Morgan fingerprint density at radius 2 is 1.62 bits per heavy atom. The van der Waals surface area contributed by atoms with Crippen LogP contribution in [0.2, 0.25) is 0 Å². The molecule has 2 fully saturated rings. The molecule has 1 saturated heterocycles. The van der Waals surface area contributed by atoms with Crippen LogP contribution in [-0.4, -0.2) is 47.9 Å². The minimum absolute atomic E-state index is 0.0351. The Morgan fingerprint density at radius 3 is 2.31 bits per heavy atom. The number of carbonyl (C=O) groups is 1. The first kappa shape index (κ1) is 22.9. The van der Waals surface area contributed by atoms with E-state index in [1.165, 1.54) is 6.42 Å². The highest BCUT2D eigenvalue weighted by atomic mass is 16.7. The van der Waals surface area contributed by atoms with Gasteiger partial charge in [-0.05, 0) is 37.5 Å². The number of carbonyl (C=O) groups excluding carboxylic acids is 1. The molecule has 0 aromatic heterocycles. The third-order valence-electron chi connectivity index (χ3n) is 6.17. The van der Waals surface area contributed by atoms with E-state index < -0.39 is 36.7 Å². The number of benzene rings is 2. The van der Waals surface area contributed by atoms with Crippen LogP contribution in [0.5, 0.6) is 0 Å². The molecule has 32 heavy (non-hydrogen) atoms. The summed E-state index contributed by atoms with van der Waals surface area (Å²) in [6, 6.07) is 18.5. The summed E-state index contributed by atoms with van der Waals surface area (Å²) in [6.45, 7) is 2.18. The highest BCUT2D eigenvalue weighted by Crippen LogP contribution is 2.31. The van der Waals surface area contributed by atoms with E-state index in [4.69, 9.17) is 18.9 Å². The first-order chi connectivity index (χ1) is 15.6. The van der Waals surface area contributed by atoms with Crippen LogP contribution in [0.15, 0.2) is 60.7 Å². The van der Waals surface area contributed by atoms with Gasteiger partial charge in [-0.25, -0.2) is 4.79 Å². The summed E-state index contributed by atoms with van der Waals surface area (Å²) in [5, 5.41) is 11.2. The van der Waals surface area contributed by atoms with Gasteiger partial charge in [-0.15, -0.1) is 0 Å². The Hall–Kier alpha value is -2.25. The molecule has 1 N–H and O–H groups in total. The maximum absolute atomic E-state index is 12.8. The van der Waals surface area contributed by atoms with E-state index >= 15 is 0 Å². The molecule has 0 amide bonds. The summed E-state index contributed by atoms with van der Waals surface area (Å²) in [7, 11) is 0. The second-order valence-corrected chi connectivity index (χ2v) is 8.59. The molecule has 0 unspecified atom stereocenters.